The van der Waals surface area contributed by atoms with Gasteiger partial charge in [0.05, 0.1) is 18.7 Å². The van der Waals surface area contributed by atoms with E-state index in [0.29, 0.717) is 17.1 Å². The fourth-order valence-corrected chi connectivity index (χ4v) is 3.01. The second kappa shape index (κ2) is 7.20. The van der Waals surface area contributed by atoms with Crippen molar-refractivity contribution in [3.63, 3.8) is 0 Å². The van der Waals surface area contributed by atoms with Gasteiger partial charge in [0.15, 0.2) is 5.75 Å². The molecule has 6 heteroatoms. The van der Waals surface area contributed by atoms with E-state index in [1.807, 2.05) is 18.2 Å². The minimum absolute atomic E-state index is 0.123. The number of nitriles is 1. The Balaban J connectivity index is 2.00. The number of rotatable bonds is 4. The van der Waals surface area contributed by atoms with Crippen molar-refractivity contribution in [1.29, 1.82) is 5.26 Å². The average molecular weight is 324 g/mol. The molecule has 0 radical (unpaired) electrons. The van der Waals surface area contributed by atoms with E-state index in [4.69, 9.17) is 10.00 Å². The first-order valence-corrected chi connectivity index (χ1v) is 7.97. The van der Waals surface area contributed by atoms with Crippen LogP contribution in [0.15, 0.2) is 36.4 Å². The Morgan fingerprint density at radius 1 is 1.21 bits per heavy atom. The average Bonchev–Trinajstić information content (AvgIpc) is 2.64. The highest BCUT2D eigenvalue weighted by Gasteiger charge is 2.24. The summed E-state index contributed by atoms with van der Waals surface area (Å²) < 4.78 is 5.08. The lowest BCUT2D eigenvalue weighted by molar-refractivity contribution is 0.362. The van der Waals surface area contributed by atoms with Crippen LogP contribution in [0.25, 0.3) is 0 Å². The molecule has 124 valence electrons. The Labute approximate surface area is 141 Å². The molecule has 1 saturated heterocycles. The zero-order valence-electron chi connectivity index (χ0n) is 13.6. The number of nitrogens with zero attached hydrogens (tertiary/aromatic N) is 3. The number of ether oxygens (including phenoxy) is 1. The van der Waals surface area contributed by atoms with Crippen molar-refractivity contribution in [2.24, 2.45) is 0 Å². The normalized spacial score (nSPS) is 14.8. The van der Waals surface area contributed by atoms with Crippen LogP contribution in [0.2, 0.25) is 0 Å². The van der Waals surface area contributed by atoms with Crippen molar-refractivity contribution in [2.75, 3.05) is 25.1 Å². The molecule has 0 spiro atoms. The molecule has 0 aliphatic carbocycles. The first kappa shape index (κ1) is 16.1. The molecule has 2 N–H and O–H groups in total. The summed E-state index contributed by atoms with van der Waals surface area (Å²) in [6.45, 7) is 1.89. The highest BCUT2D eigenvalue weighted by Crippen LogP contribution is 2.33. The Hall–Kier alpha value is -2.78. The SMILES string of the molecule is COc1ccc(N(c2ccc(C#N)cc2)C2CCNCC2)nc1O. The van der Waals surface area contributed by atoms with Crippen LogP contribution in [0.1, 0.15) is 18.4 Å². The molecular weight excluding hydrogens is 304 g/mol. The second-order valence-electron chi connectivity index (χ2n) is 5.71. The molecule has 1 aromatic carbocycles. The van der Waals surface area contributed by atoms with Crippen LogP contribution in [0.3, 0.4) is 0 Å². The molecule has 0 atom stereocenters. The number of hydrogen-bond donors (Lipinski definition) is 2. The van der Waals surface area contributed by atoms with Crippen LogP contribution >= 0.6 is 0 Å². The molecule has 6 nitrogen and oxygen atoms in total. The molecule has 1 aromatic heterocycles. The summed E-state index contributed by atoms with van der Waals surface area (Å²) >= 11 is 0. The van der Waals surface area contributed by atoms with Crippen LogP contribution in [0.5, 0.6) is 11.6 Å². The topological polar surface area (TPSA) is 81.4 Å². The maximum absolute atomic E-state index is 10.0. The molecule has 1 aliphatic heterocycles. The van der Waals surface area contributed by atoms with Gasteiger partial charge in [-0.05, 0) is 62.3 Å². The Kier molecular flexibility index (Phi) is 4.82. The first-order valence-electron chi connectivity index (χ1n) is 7.97. The summed E-state index contributed by atoms with van der Waals surface area (Å²) in [6, 6.07) is 13.4. The van der Waals surface area contributed by atoms with Gasteiger partial charge in [-0.15, -0.1) is 0 Å². The van der Waals surface area contributed by atoms with Crippen molar-refractivity contribution >= 4 is 11.5 Å². The molecule has 0 saturated carbocycles. The molecule has 2 aromatic rings. The number of anilines is 2. The maximum atomic E-state index is 10.0. The van der Waals surface area contributed by atoms with Crippen LogP contribution < -0.4 is 15.0 Å². The zero-order chi connectivity index (χ0) is 16.9. The van der Waals surface area contributed by atoms with Gasteiger partial charge in [-0.1, -0.05) is 0 Å². The molecule has 2 heterocycles. The molecular formula is C18H20N4O2. The number of pyridine rings is 1. The third-order valence-corrected chi connectivity index (χ3v) is 4.24. The monoisotopic (exact) mass is 324 g/mol. The molecule has 1 fully saturated rings. The Morgan fingerprint density at radius 2 is 1.92 bits per heavy atom. The maximum Gasteiger partial charge on any atom is 0.256 e. The van der Waals surface area contributed by atoms with Gasteiger partial charge in [0.1, 0.15) is 5.82 Å². The van der Waals surface area contributed by atoms with Gasteiger partial charge in [-0.25, -0.2) is 0 Å². The third-order valence-electron chi connectivity index (χ3n) is 4.24. The van der Waals surface area contributed by atoms with Crippen LogP contribution in [-0.2, 0) is 0 Å². The fraction of sp³-hybridized carbons (Fsp3) is 0.333. The van der Waals surface area contributed by atoms with Gasteiger partial charge in [0.25, 0.3) is 5.88 Å². The quantitative estimate of drug-likeness (QED) is 0.899. The van der Waals surface area contributed by atoms with Crippen molar-refractivity contribution < 1.29 is 9.84 Å². The largest absolute Gasteiger partial charge is 0.491 e. The van der Waals surface area contributed by atoms with E-state index in [9.17, 15) is 5.11 Å². The van der Waals surface area contributed by atoms with Gasteiger partial charge >= 0.3 is 0 Å². The summed E-state index contributed by atoms with van der Waals surface area (Å²) in [7, 11) is 1.50. The zero-order valence-corrected chi connectivity index (χ0v) is 13.6. The summed E-state index contributed by atoms with van der Waals surface area (Å²) in [5.41, 5.74) is 1.58. The van der Waals surface area contributed by atoms with Gasteiger partial charge in [-0.2, -0.15) is 10.2 Å². The van der Waals surface area contributed by atoms with E-state index in [0.717, 1.165) is 31.6 Å². The Morgan fingerprint density at radius 3 is 2.50 bits per heavy atom. The second-order valence-corrected chi connectivity index (χ2v) is 5.71. The lowest BCUT2D eigenvalue weighted by atomic mass is 10.0. The smallest absolute Gasteiger partial charge is 0.256 e. The lowest BCUT2D eigenvalue weighted by Crippen LogP contribution is -2.41. The Bertz CT molecular complexity index is 734. The summed E-state index contributed by atoms with van der Waals surface area (Å²) in [5, 5.41) is 22.4. The van der Waals surface area contributed by atoms with Crippen molar-refractivity contribution in [3.8, 4) is 17.7 Å². The van der Waals surface area contributed by atoms with Gasteiger partial charge in [0, 0.05) is 11.7 Å². The molecule has 3 rings (SSSR count). The lowest BCUT2D eigenvalue weighted by Gasteiger charge is -2.35. The molecule has 24 heavy (non-hydrogen) atoms. The number of nitrogens with one attached hydrogen (secondary N) is 1. The first-order chi connectivity index (χ1) is 11.7. The summed E-state index contributed by atoms with van der Waals surface area (Å²) in [5.74, 6) is 0.899. The van der Waals surface area contributed by atoms with E-state index in [1.54, 1.807) is 18.2 Å². The van der Waals surface area contributed by atoms with E-state index < -0.39 is 0 Å². The van der Waals surface area contributed by atoms with E-state index in [-0.39, 0.29) is 11.9 Å². The van der Waals surface area contributed by atoms with Crippen molar-refractivity contribution in [2.45, 2.75) is 18.9 Å². The number of piperidine rings is 1. The number of hydrogen-bond acceptors (Lipinski definition) is 6. The van der Waals surface area contributed by atoms with Crippen LogP contribution in [0.4, 0.5) is 11.5 Å². The number of methoxy groups -OCH3 is 1. The van der Waals surface area contributed by atoms with Gasteiger partial charge in [0.2, 0.25) is 0 Å². The van der Waals surface area contributed by atoms with E-state index >= 15 is 0 Å². The highest BCUT2D eigenvalue weighted by atomic mass is 16.5. The van der Waals surface area contributed by atoms with E-state index in [2.05, 4.69) is 21.3 Å². The highest BCUT2D eigenvalue weighted by molar-refractivity contribution is 5.63. The standard InChI is InChI=1S/C18H20N4O2/c1-24-16-6-7-17(21-18(16)23)22(15-8-10-20-11-9-15)14-4-2-13(12-19)3-5-14/h2-7,15,20H,8-11H2,1H3,(H,21,23). The minimum atomic E-state index is -0.123. The third kappa shape index (κ3) is 3.26. The molecule has 1 aliphatic rings. The predicted octanol–water partition coefficient (Wildman–Crippen LogP) is 2.56. The molecule has 0 bridgehead atoms. The molecule has 0 unspecified atom stereocenters. The summed E-state index contributed by atoms with van der Waals surface area (Å²) in [4.78, 5) is 6.44. The van der Waals surface area contributed by atoms with E-state index in [1.165, 1.54) is 7.11 Å². The number of aromatic nitrogens is 1. The predicted molar refractivity (Wildman–Crippen MR) is 91.6 cm³/mol. The minimum Gasteiger partial charge on any atom is -0.491 e. The van der Waals surface area contributed by atoms with Gasteiger partial charge in [-0.3, -0.25) is 0 Å². The van der Waals surface area contributed by atoms with Crippen LogP contribution in [-0.4, -0.2) is 36.3 Å². The van der Waals surface area contributed by atoms with Crippen LogP contribution in [0, 0.1) is 11.3 Å². The number of benzene rings is 1. The van der Waals surface area contributed by atoms with Crippen molar-refractivity contribution in [3.05, 3.63) is 42.0 Å². The van der Waals surface area contributed by atoms with Gasteiger partial charge < -0.3 is 20.1 Å². The number of aromatic hydroxyl groups is 1. The summed E-state index contributed by atoms with van der Waals surface area (Å²) in [6.07, 6.45) is 1.96. The molecule has 0 amide bonds. The fourth-order valence-electron chi connectivity index (χ4n) is 3.01. The van der Waals surface area contributed by atoms with Crippen molar-refractivity contribution in [1.82, 2.24) is 10.3 Å².